The number of carbonyl (C=O) groups excluding carboxylic acids is 16. The van der Waals surface area contributed by atoms with Gasteiger partial charge in [0.15, 0.2) is 23.4 Å². The average Bonchev–Trinajstić information content (AvgIpc) is 0.847. The topological polar surface area (TPSA) is 718 Å². The largest absolute Gasteiger partial charge is 0.508 e. The van der Waals surface area contributed by atoms with Crippen molar-refractivity contribution < 1.29 is 141 Å². The van der Waals surface area contributed by atoms with Crippen molar-refractivity contribution in [3.8, 4) is 35.3 Å². The Labute approximate surface area is 853 Å². The van der Waals surface area contributed by atoms with Gasteiger partial charge < -0.3 is 115 Å². The molecule has 5 aromatic carbocycles. The Bertz CT molecular complexity index is 5400. The Morgan fingerprint density at radius 1 is 0.541 bits per heavy atom. The van der Waals surface area contributed by atoms with Gasteiger partial charge in [-0.2, -0.15) is 11.8 Å². The van der Waals surface area contributed by atoms with Crippen LogP contribution in [-0.4, -0.2) is 281 Å². The summed E-state index contributed by atoms with van der Waals surface area (Å²) in [5.74, 6) is -23.0. The van der Waals surface area contributed by atoms with Crippen LogP contribution in [0.2, 0.25) is 0 Å². The summed E-state index contributed by atoms with van der Waals surface area (Å²) in [6, 6.07) is 12.4. The smallest absolute Gasteiger partial charge is 0.334 e. The molecule has 0 aliphatic carbocycles. The fraction of sp³-hybridized carbons (Fsp3) is 0.469. The van der Waals surface area contributed by atoms with Crippen molar-refractivity contribution in [1.29, 1.82) is 0 Å². The summed E-state index contributed by atoms with van der Waals surface area (Å²) in [6.45, 7) is 9.51. The molecular weight excluding hydrogens is 1960 g/mol. The third-order valence-electron chi connectivity index (χ3n) is 22.1. The number of aliphatic carboxylic acids is 4. The fourth-order valence-electron chi connectivity index (χ4n) is 14.4. The van der Waals surface area contributed by atoms with Gasteiger partial charge in [-0.05, 0) is 138 Å². The second-order valence-corrected chi connectivity index (χ2v) is 38.5. The molecule has 48 heteroatoms. The lowest BCUT2D eigenvalue weighted by Crippen LogP contribution is -2.60. The van der Waals surface area contributed by atoms with Gasteiger partial charge in [0, 0.05) is 100 Å². The molecular formula is C98H126N16O29S3. The number of azide groups is 1. The summed E-state index contributed by atoms with van der Waals surface area (Å²) < 4.78 is 5.18. The minimum atomic E-state index is -2.34. The molecule has 14 atom stereocenters. The Balaban J connectivity index is 0.000000782. The number of aromatic hydroxyl groups is 4. The van der Waals surface area contributed by atoms with Gasteiger partial charge in [-0.1, -0.05) is 140 Å². The second kappa shape index (κ2) is 64.0. The highest BCUT2D eigenvalue weighted by atomic mass is 33.1. The number of phenols is 4. The van der Waals surface area contributed by atoms with Gasteiger partial charge in [0.05, 0.1) is 44.1 Å². The van der Waals surface area contributed by atoms with E-state index in [1.165, 1.54) is 124 Å². The summed E-state index contributed by atoms with van der Waals surface area (Å²) in [4.78, 5) is 274. The first-order chi connectivity index (χ1) is 69.3. The molecule has 0 saturated carbocycles. The summed E-state index contributed by atoms with van der Waals surface area (Å²) in [7, 11) is 1.61. The van der Waals surface area contributed by atoms with E-state index >= 15 is 4.79 Å². The molecule has 1 fully saturated rings. The number of Topliss-reactive ketones (excluding diaryl/α,β-unsaturated/α-hetero) is 3. The Morgan fingerprint density at radius 3 is 1.55 bits per heavy atom. The second-order valence-electron chi connectivity index (χ2n) is 34.9. The lowest BCUT2D eigenvalue weighted by molar-refractivity contribution is -0.147. The maximum absolute atomic E-state index is 15.2. The molecule has 1 saturated heterocycles. The van der Waals surface area contributed by atoms with E-state index in [-0.39, 0.29) is 119 Å². The number of unbranched alkanes of at least 4 members (excludes halogenated alkanes) is 1. The molecule has 0 unspecified atom stereocenters. The van der Waals surface area contributed by atoms with Gasteiger partial charge in [-0.3, -0.25) is 86.3 Å². The molecule has 1 heterocycles. The zero-order valence-corrected chi connectivity index (χ0v) is 83.9. The van der Waals surface area contributed by atoms with Crippen molar-refractivity contribution in [2.45, 2.75) is 217 Å². The van der Waals surface area contributed by atoms with Crippen molar-refractivity contribution in [3.63, 3.8) is 0 Å². The number of ketones is 3. The number of carboxylic acids is 4. The average molecular weight is 2090 g/mol. The standard InChI is InChI=1S/C73H89N9O21S3.C25H37N7O8/c1-6-7-9-14-60(89)74-51(32-43-15-21-47(83)22-16-43)59(88)36-46-38-105-106-39-56(71(99)78-54(35-45-19-25-49(85)26-20-45)69(97)76-50(29-30-104-5)67(95)79-55(37-62(91)92)70(98)81-63(40(2)3)72(100)101)80-65(93)41(4)31-58(87)52(33-44-17-23-48(84)24-18-44)77-68(96)53(34-42-12-10-8-11-13-42)75-61(90)28-27-57(86)64(73(102)103)82-66(46)94;1-15(2)12-19(30-25(39)20(29-16(3)33)13-17-4-6-18(34)7-5-17)24(38)31-21(14-22(35)36)23(37)27-8-10-40-11-9-28-32-26/h1,8,10-13,15-26,40-41,46,50-56,63-64,83-85H,7,9,14,27-39H2,2-5H3,(H,74,89)(H,75,90)(H,76,97)(H,77,96)(H,78,99)(H,79,95)(H,80,93)(H,81,98)(H,82,94)(H,91,92)(H,100,101)(H,102,103);4-7,15,19-21,34H,8-14H2,1-3H3,(H,27,37)(H,29,33)(H,30,39)(H,31,38)(H,35,36)/t41-,46+,50+,51+,52+,53-,54+,55+,56+,63+,64-;19-,20+,21+/m01/s1. The van der Waals surface area contributed by atoms with Crippen molar-refractivity contribution in [1.82, 2.24) is 69.1 Å². The number of ether oxygens (including phenoxy) is 1. The monoisotopic (exact) mass is 2090 g/mol. The molecule has 790 valence electrons. The molecule has 0 spiro atoms. The SMILES string of the molecule is C#CCCCC(=O)N[C@H](Cc1ccc(O)cc1)C(=O)C[C@@H]1CSSC[C@H](C(=O)N[C@H](Cc2ccc(O)cc2)C(=O)N[C@H](CCSC)C(=O)N[C@H](CC(=O)O)C(=O)N[C@@H](C(=O)O)C(C)C)NC(=O)[C@@H](C)CC(=O)[C@@H](Cc2ccc(O)cc2)NC(=O)[C@H](Cc2ccccc2)NC(=O)CCC(=O)[C@@H](C(=O)O)NC1=O.CC(=O)N[C@@H](Cc1ccc(O)cc1)C(=O)N[C@H](CC(C)C)C(=O)N[C@@H](CC(=O)O)C(=O)NCCOCCN=[N+]=[N-]. The first-order valence-corrected chi connectivity index (χ1v) is 50.4. The predicted molar refractivity (Wildman–Crippen MR) is 535 cm³/mol. The zero-order chi connectivity index (χ0) is 108. The van der Waals surface area contributed by atoms with Crippen molar-refractivity contribution in [2.24, 2.45) is 28.8 Å². The first-order valence-electron chi connectivity index (χ1n) is 46.5. The zero-order valence-electron chi connectivity index (χ0n) is 81.4. The number of rotatable bonds is 49. The predicted octanol–water partition coefficient (Wildman–Crippen LogP) is 2.58. The molecule has 5 aromatic rings. The van der Waals surface area contributed by atoms with Crippen LogP contribution in [0.25, 0.3) is 10.4 Å². The summed E-state index contributed by atoms with van der Waals surface area (Å²) in [6.07, 6.45) is 1.84. The number of benzene rings is 5. The molecule has 1 aliphatic rings. The molecule has 146 heavy (non-hydrogen) atoms. The first kappa shape index (κ1) is 122. The van der Waals surface area contributed by atoms with E-state index in [1.54, 1.807) is 48.7 Å². The van der Waals surface area contributed by atoms with E-state index in [1.807, 2.05) is 13.8 Å². The number of hydrogen-bond acceptors (Lipinski definition) is 29. The van der Waals surface area contributed by atoms with Crippen molar-refractivity contribution in [2.75, 3.05) is 49.8 Å². The highest BCUT2D eigenvalue weighted by molar-refractivity contribution is 8.76. The van der Waals surface area contributed by atoms with E-state index in [4.69, 9.17) is 16.7 Å². The molecule has 0 bridgehead atoms. The third-order valence-corrected chi connectivity index (χ3v) is 25.3. The number of carboxylic acid groups (broad SMARTS) is 4. The van der Waals surface area contributed by atoms with Crippen LogP contribution in [0, 0.1) is 36.0 Å². The Kier molecular flexibility index (Phi) is 53.4. The van der Waals surface area contributed by atoms with Gasteiger partial charge in [-0.15, -0.1) is 12.3 Å². The van der Waals surface area contributed by atoms with E-state index < -0.39 is 265 Å². The van der Waals surface area contributed by atoms with Gasteiger partial charge in [-0.25, -0.2) is 9.59 Å². The Hall–Kier alpha value is -14.8. The molecule has 0 aromatic heterocycles. The van der Waals surface area contributed by atoms with Gasteiger partial charge >= 0.3 is 23.9 Å². The number of thioether (sulfide) groups is 1. The lowest BCUT2D eigenvalue weighted by Gasteiger charge is -2.27. The number of nitrogens with zero attached hydrogens (tertiary/aromatic N) is 3. The minimum absolute atomic E-state index is 0.0168. The number of phenolic OH excluding ortho intramolecular Hbond substituents is 4. The Morgan fingerprint density at radius 2 is 1.03 bits per heavy atom. The molecule has 21 N–H and O–H groups in total. The van der Waals surface area contributed by atoms with Crippen LogP contribution >= 0.6 is 33.3 Å². The summed E-state index contributed by atoms with van der Waals surface area (Å²) in [5.41, 5.74) is 10.6. The van der Waals surface area contributed by atoms with E-state index in [0.717, 1.165) is 21.6 Å². The molecule has 13 amide bonds. The van der Waals surface area contributed by atoms with E-state index in [9.17, 15) is 132 Å². The summed E-state index contributed by atoms with van der Waals surface area (Å²) in [5, 5.41) is 115. The van der Waals surface area contributed by atoms with Gasteiger partial charge in [0.2, 0.25) is 76.8 Å². The quantitative estimate of drug-likeness (QED) is 0.00506. The highest BCUT2D eigenvalue weighted by Gasteiger charge is 2.40. The van der Waals surface area contributed by atoms with Gasteiger partial charge in [0.25, 0.3) is 0 Å². The normalized spacial score (nSPS) is 17.6. The summed E-state index contributed by atoms with van der Waals surface area (Å²) >= 11 is 1.23. The van der Waals surface area contributed by atoms with Gasteiger partial charge in [0.1, 0.15) is 77.4 Å². The minimum Gasteiger partial charge on any atom is -0.508 e. The molecule has 45 nitrogen and oxygen atoms in total. The molecule has 6 rings (SSSR count). The fourth-order valence-corrected chi connectivity index (χ4v) is 17.3. The van der Waals surface area contributed by atoms with Crippen molar-refractivity contribution >= 4 is 151 Å². The number of hydrogen-bond donors (Lipinski definition) is 21. The van der Waals surface area contributed by atoms with Crippen LogP contribution in [0.15, 0.2) is 133 Å². The number of amides is 13. The van der Waals surface area contributed by atoms with E-state index in [2.05, 4.69) is 85.1 Å². The highest BCUT2D eigenvalue weighted by Crippen LogP contribution is 2.29. The number of terminal acetylenes is 1. The number of carbonyl (C=O) groups is 20. The van der Waals surface area contributed by atoms with Crippen LogP contribution in [0.5, 0.6) is 23.0 Å². The van der Waals surface area contributed by atoms with Crippen molar-refractivity contribution in [3.05, 3.63) is 166 Å². The number of nitrogens with one attached hydrogen (secondary N) is 13. The van der Waals surface area contributed by atoms with E-state index in [0.29, 0.717) is 27.8 Å². The van der Waals surface area contributed by atoms with Crippen LogP contribution < -0.4 is 69.1 Å². The maximum Gasteiger partial charge on any atom is 0.334 e. The van der Waals surface area contributed by atoms with Crippen LogP contribution in [0.4, 0.5) is 0 Å². The molecule has 0 radical (unpaired) electrons. The molecule has 1 aliphatic heterocycles. The lowest BCUT2D eigenvalue weighted by atomic mass is 9.94. The van der Waals surface area contributed by atoms with Crippen LogP contribution in [-0.2, 0) is 133 Å². The third kappa shape index (κ3) is 45.8. The van der Waals surface area contributed by atoms with Crippen LogP contribution in [0.3, 0.4) is 0 Å². The maximum atomic E-state index is 15.2. The van der Waals surface area contributed by atoms with Crippen LogP contribution in [0.1, 0.15) is 140 Å².